The number of hydrogen-bond acceptors (Lipinski definition) is 4. The molecule has 0 spiro atoms. The van der Waals surface area contributed by atoms with Gasteiger partial charge in [-0.05, 0) is 24.6 Å². The van der Waals surface area contributed by atoms with Crippen LogP contribution in [0.1, 0.15) is 25.3 Å². The van der Waals surface area contributed by atoms with Crippen molar-refractivity contribution in [2.45, 2.75) is 25.9 Å². The van der Waals surface area contributed by atoms with Crippen molar-refractivity contribution in [1.29, 1.82) is 5.26 Å². The third kappa shape index (κ3) is 5.67. The fourth-order valence-electron chi connectivity index (χ4n) is 1.46. The molecule has 0 aromatic heterocycles. The average Bonchev–Trinajstić information content (AvgIpc) is 2.41. The van der Waals surface area contributed by atoms with E-state index in [0.717, 1.165) is 18.5 Å². The van der Waals surface area contributed by atoms with Gasteiger partial charge in [0.25, 0.3) is 0 Å². The second-order valence-corrected chi connectivity index (χ2v) is 4.16. The lowest BCUT2D eigenvalue weighted by molar-refractivity contribution is 0.0422. The first-order valence-electron chi connectivity index (χ1n) is 6.26. The van der Waals surface area contributed by atoms with Crippen LogP contribution in [0, 0.1) is 11.3 Å². The largest absolute Gasteiger partial charge is 0.389 e. The minimum Gasteiger partial charge on any atom is -0.389 e. The van der Waals surface area contributed by atoms with Gasteiger partial charge in [-0.1, -0.05) is 19.4 Å². The van der Waals surface area contributed by atoms with Gasteiger partial charge in [-0.15, -0.1) is 0 Å². The molecule has 0 saturated carbocycles. The van der Waals surface area contributed by atoms with Crippen molar-refractivity contribution in [1.82, 2.24) is 0 Å². The van der Waals surface area contributed by atoms with E-state index in [1.165, 1.54) is 0 Å². The van der Waals surface area contributed by atoms with Crippen molar-refractivity contribution in [3.8, 4) is 6.07 Å². The first-order valence-corrected chi connectivity index (χ1v) is 6.26. The van der Waals surface area contributed by atoms with E-state index < -0.39 is 6.10 Å². The molecule has 18 heavy (non-hydrogen) atoms. The van der Waals surface area contributed by atoms with E-state index >= 15 is 0 Å². The number of ether oxygens (including phenoxy) is 1. The minimum atomic E-state index is -0.535. The van der Waals surface area contributed by atoms with E-state index in [-0.39, 0.29) is 0 Å². The smallest absolute Gasteiger partial charge is 0.0992 e. The zero-order chi connectivity index (χ0) is 13.2. The lowest BCUT2D eigenvalue weighted by Crippen LogP contribution is -2.25. The quantitative estimate of drug-likeness (QED) is 0.692. The summed E-state index contributed by atoms with van der Waals surface area (Å²) in [5.41, 5.74) is 1.44. The number of hydrogen-bond donors (Lipinski definition) is 2. The Balaban J connectivity index is 2.25. The molecule has 0 bridgehead atoms. The van der Waals surface area contributed by atoms with Crippen molar-refractivity contribution < 1.29 is 9.84 Å². The van der Waals surface area contributed by atoms with Crippen LogP contribution in [-0.4, -0.2) is 31.0 Å². The van der Waals surface area contributed by atoms with Gasteiger partial charge < -0.3 is 15.2 Å². The van der Waals surface area contributed by atoms with Crippen LogP contribution < -0.4 is 5.32 Å². The molecule has 0 saturated heterocycles. The summed E-state index contributed by atoms with van der Waals surface area (Å²) in [6.07, 6.45) is 1.58. The number of anilines is 1. The van der Waals surface area contributed by atoms with E-state index in [1.54, 1.807) is 12.1 Å². The number of nitriles is 1. The highest BCUT2D eigenvalue weighted by Gasteiger charge is 2.04. The standard InChI is InChI=1S/C14H20N2O2/c1-2-3-7-18-11-14(17)10-16-13-6-4-5-12(8-13)9-15/h4-6,8,14,16-17H,2-3,7,10-11H2,1H3. The maximum absolute atomic E-state index is 9.68. The molecule has 4 heteroatoms. The van der Waals surface area contributed by atoms with E-state index in [9.17, 15) is 5.11 Å². The summed E-state index contributed by atoms with van der Waals surface area (Å²) in [6, 6.07) is 9.25. The number of unbranched alkanes of at least 4 members (excludes halogenated alkanes) is 1. The van der Waals surface area contributed by atoms with E-state index in [4.69, 9.17) is 10.00 Å². The molecule has 1 atom stereocenters. The Morgan fingerprint density at radius 2 is 2.33 bits per heavy atom. The first-order chi connectivity index (χ1) is 8.76. The number of nitrogens with one attached hydrogen (secondary N) is 1. The Hall–Kier alpha value is -1.57. The summed E-state index contributed by atoms with van der Waals surface area (Å²) >= 11 is 0. The minimum absolute atomic E-state index is 0.338. The van der Waals surface area contributed by atoms with Crippen molar-refractivity contribution in [3.05, 3.63) is 29.8 Å². The molecule has 1 aromatic carbocycles. The summed E-state index contributed by atoms with van der Waals surface area (Å²) < 4.78 is 5.33. The van der Waals surface area contributed by atoms with E-state index in [0.29, 0.717) is 25.3 Å². The van der Waals surface area contributed by atoms with Crippen molar-refractivity contribution in [3.63, 3.8) is 0 Å². The van der Waals surface area contributed by atoms with Crippen LogP contribution in [0.2, 0.25) is 0 Å². The average molecular weight is 248 g/mol. The van der Waals surface area contributed by atoms with Crippen LogP contribution in [0.15, 0.2) is 24.3 Å². The van der Waals surface area contributed by atoms with Gasteiger partial charge in [0, 0.05) is 18.8 Å². The normalized spacial score (nSPS) is 11.8. The molecule has 0 amide bonds. The van der Waals surface area contributed by atoms with Crippen molar-refractivity contribution in [2.24, 2.45) is 0 Å². The second kappa shape index (κ2) is 8.51. The molecule has 0 aliphatic heterocycles. The van der Waals surface area contributed by atoms with Gasteiger partial charge in [0.15, 0.2) is 0 Å². The predicted octanol–water partition coefficient (Wildman–Crippen LogP) is 2.15. The maximum atomic E-state index is 9.68. The number of benzene rings is 1. The summed E-state index contributed by atoms with van der Waals surface area (Å²) in [7, 11) is 0. The fraction of sp³-hybridized carbons (Fsp3) is 0.500. The molecule has 0 aliphatic carbocycles. The van der Waals surface area contributed by atoms with Gasteiger partial charge in [-0.2, -0.15) is 5.26 Å². The van der Waals surface area contributed by atoms with Gasteiger partial charge in [-0.3, -0.25) is 0 Å². The predicted molar refractivity (Wildman–Crippen MR) is 71.4 cm³/mol. The monoisotopic (exact) mass is 248 g/mol. The topological polar surface area (TPSA) is 65.3 Å². The molecular weight excluding hydrogens is 228 g/mol. The molecule has 0 fully saturated rings. The number of rotatable bonds is 8. The Morgan fingerprint density at radius 1 is 1.50 bits per heavy atom. The van der Waals surface area contributed by atoms with Crippen molar-refractivity contribution >= 4 is 5.69 Å². The summed E-state index contributed by atoms with van der Waals surface area (Å²) in [5, 5.41) is 21.5. The van der Waals surface area contributed by atoms with Crippen LogP contribution in [0.3, 0.4) is 0 Å². The molecule has 1 aromatic rings. The van der Waals surface area contributed by atoms with Crippen LogP contribution in [-0.2, 0) is 4.74 Å². The SMILES string of the molecule is CCCCOCC(O)CNc1cccc(C#N)c1. The van der Waals surface area contributed by atoms with Gasteiger partial charge in [0.05, 0.1) is 24.3 Å². The van der Waals surface area contributed by atoms with Gasteiger partial charge >= 0.3 is 0 Å². The summed E-state index contributed by atoms with van der Waals surface area (Å²) in [6.45, 7) is 3.55. The molecule has 1 rings (SSSR count). The van der Waals surface area contributed by atoms with E-state index in [2.05, 4.69) is 18.3 Å². The third-order valence-electron chi connectivity index (χ3n) is 2.49. The fourth-order valence-corrected chi connectivity index (χ4v) is 1.46. The van der Waals surface area contributed by atoms with Crippen LogP contribution in [0.4, 0.5) is 5.69 Å². The Morgan fingerprint density at radius 3 is 3.06 bits per heavy atom. The number of nitrogens with zero attached hydrogens (tertiary/aromatic N) is 1. The third-order valence-corrected chi connectivity index (χ3v) is 2.49. The van der Waals surface area contributed by atoms with Gasteiger partial charge in [0.1, 0.15) is 0 Å². The Labute approximate surface area is 108 Å². The van der Waals surface area contributed by atoms with Crippen molar-refractivity contribution in [2.75, 3.05) is 25.1 Å². The highest BCUT2D eigenvalue weighted by molar-refractivity contribution is 5.49. The summed E-state index contributed by atoms with van der Waals surface area (Å²) in [5.74, 6) is 0. The molecule has 4 nitrogen and oxygen atoms in total. The maximum Gasteiger partial charge on any atom is 0.0992 e. The van der Waals surface area contributed by atoms with E-state index in [1.807, 2.05) is 12.1 Å². The lowest BCUT2D eigenvalue weighted by atomic mass is 10.2. The van der Waals surface area contributed by atoms with Crippen LogP contribution in [0.25, 0.3) is 0 Å². The van der Waals surface area contributed by atoms with Crippen LogP contribution in [0.5, 0.6) is 0 Å². The summed E-state index contributed by atoms with van der Waals surface area (Å²) in [4.78, 5) is 0. The molecule has 0 radical (unpaired) electrons. The zero-order valence-corrected chi connectivity index (χ0v) is 10.7. The lowest BCUT2D eigenvalue weighted by Gasteiger charge is -2.13. The molecule has 0 heterocycles. The van der Waals surface area contributed by atoms with Gasteiger partial charge in [0.2, 0.25) is 0 Å². The highest BCUT2D eigenvalue weighted by Crippen LogP contribution is 2.09. The molecular formula is C14H20N2O2. The van der Waals surface area contributed by atoms with Gasteiger partial charge in [-0.25, -0.2) is 0 Å². The Kier molecular flexibility index (Phi) is 6.85. The molecule has 98 valence electrons. The first kappa shape index (κ1) is 14.5. The highest BCUT2D eigenvalue weighted by atomic mass is 16.5. The Bertz CT molecular complexity index is 388. The zero-order valence-electron chi connectivity index (χ0n) is 10.7. The molecule has 2 N–H and O–H groups in total. The molecule has 0 aliphatic rings. The molecule has 1 unspecified atom stereocenters. The number of aliphatic hydroxyl groups is 1. The second-order valence-electron chi connectivity index (χ2n) is 4.16. The number of aliphatic hydroxyl groups excluding tert-OH is 1. The van der Waals surface area contributed by atoms with Crippen LogP contribution >= 0.6 is 0 Å².